The predicted octanol–water partition coefficient (Wildman–Crippen LogP) is -0.380. The van der Waals surface area contributed by atoms with Gasteiger partial charge in [0.15, 0.2) is 0 Å². The average Bonchev–Trinajstić information content (AvgIpc) is 2.40. The van der Waals surface area contributed by atoms with Gasteiger partial charge in [0.05, 0.1) is 24.7 Å². The van der Waals surface area contributed by atoms with Crippen molar-refractivity contribution in [1.82, 2.24) is 0 Å². The van der Waals surface area contributed by atoms with Gasteiger partial charge >= 0.3 is 17.9 Å². The standard InChI is InChI=1S/C4H6O2.2C2H4O2S.C2H6O2/c1-3(2)4(5)6;2*3-2(4)1-5;3-1-2-4/h1H2,2H3,(H,5,6);2*5H,1H2,(H,3,4);3-4H,1-2H2. The molecule has 0 aliphatic carbocycles. The minimum atomic E-state index is -0.935. The van der Waals surface area contributed by atoms with Gasteiger partial charge in [0.1, 0.15) is 0 Å². The van der Waals surface area contributed by atoms with Crippen molar-refractivity contribution < 1.29 is 39.9 Å². The van der Waals surface area contributed by atoms with Crippen molar-refractivity contribution in [3.63, 3.8) is 0 Å². The Kier molecular flexibility index (Phi) is 31.1. The fourth-order valence-corrected chi connectivity index (χ4v) is 0. The second-order valence-corrected chi connectivity index (χ2v) is 3.27. The van der Waals surface area contributed by atoms with Crippen LogP contribution in [0.1, 0.15) is 6.92 Å². The lowest BCUT2D eigenvalue weighted by atomic mass is 10.4. The van der Waals surface area contributed by atoms with Crippen molar-refractivity contribution in [3.8, 4) is 0 Å². The zero-order valence-electron chi connectivity index (χ0n) is 10.9. The molecule has 0 aromatic rings. The number of rotatable bonds is 4. The molecule has 20 heavy (non-hydrogen) atoms. The molecule has 0 atom stereocenters. The van der Waals surface area contributed by atoms with Gasteiger partial charge < -0.3 is 25.5 Å². The summed E-state index contributed by atoms with van der Waals surface area (Å²) in [4.78, 5) is 28.2. The van der Waals surface area contributed by atoms with Gasteiger partial charge in [0.25, 0.3) is 0 Å². The Labute approximate surface area is 127 Å². The number of carboxylic acids is 3. The van der Waals surface area contributed by atoms with Crippen molar-refractivity contribution in [2.24, 2.45) is 0 Å². The van der Waals surface area contributed by atoms with Gasteiger partial charge in [0.2, 0.25) is 0 Å². The molecule has 120 valence electrons. The molecule has 8 nitrogen and oxygen atoms in total. The molecule has 0 rings (SSSR count). The summed E-state index contributed by atoms with van der Waals surface area (Å²) in [5, 5.41) is 38.4. The molecule has 0 aromatic carbocycles. The van der Waals surface area contributed by atoms with Gasteiger partial charge in [-0.15, -0.1) is 0 Å². The highest BCUT2D eigenvalue weighted by Gasteiger charge is 1.90. The molecule has 0 radical (unpaired) electrons. The van der Waals surface area contributed by atoms with E-state index in [1.165, 1.54) is 6.92 Å². The second-order valence-electron chi connectivity index (χ2n) is 2.64. The van der Waals surface area contributed by atoms with Gasteiger partial charge in [-0.3, -0.25) is 9.59 Å². The van der Waals surface area contributed by atoms with E-state index in [0.717, 1.165) is 0 Å². The number of thiol groups is 2. The molecule has 0 aliphatic heterocycles. The van der Waals surface area contributed by atoms with Gasteiger partial charge in [0, 0.05) is 5.57 Å². The van der Waals surface area contributed by atoms with Crippen molar-refractivity contribution >= 4 is 43.2 Å². The lowest BCUT2D eigenvalue weighted by Gasteiger charge is -1.79. The second kappa shape index (κ2) is 22.9. The molecule has 0 unspecified atom stereocenters. The van der Waals surface area contributed by atoms with Crippen molar-refractivity contribution in [1.29, 1.82) is 0 Å². The van der Waals surface area contributed by atoms with E-state index < -0.39 is 17.9 Å². The Hall–Kier alpha value is -1.23. The minimum absolute atomic E-state index is 0.0833. The SMILES string of the molecule is C=C(C)C(=O)O.O=C(O)CS.O=C(O)CS.OCCO. The lowest BCUT2D eigenvalue weighted by Crippen LogP contribution is -1.92. The summed E-state index contributed by atoms with van der Waals surface area (Å²) in [6.45, 7) is 4.35. The number of hydrogen-bond acceptors (Lipinski definition) is 7. The highest BCUT2D eigenvalue weighted by Crippen LogP contribution is 1.81. The molecule has 0 aliphatic rings. The number of carboxylic acid groups (broad SMARTS) is 3. The normalized spacial score (nSPS) is 7.45. The maximum absolute atomic E-state index is 9.60. The highest BCUT2D eigenvalue weighted by molar-refractivity contribution is 7.81. The number of carbonyl (C=O) groups is 3. The van der Waals surface area contributed by atoms with Crippen LogP contribution in [-0.2, 0) is 14.4 Å². The molecule has 0 aromatic heterocycles. The van der Waals surface area contributed by atoms with Gasteiger partial charge in [-0.1, -0.05) is 6.58 Å². The van der Waals surface area contributed by atoms with Crippen LogP contribution in [0.15, 0.2) is 12.2 Å². The molecular weight excluding hydrogens is 312 g/mol. The topological polar surface area (TPSA) is 152 Å². The molecule has 0 saturated heterocycles. The smallest absolute Gasteiger partial charge is 0.330 e. The van der Waals surface area contributed by atoms with Crippen molar-refractivity contribution in [2.45, 2.75) is 6.92 Å². The van der Waals surface area contributed by atoms with Crippen LogP contribution in [0.5, 0.6) is 0 Å². The number of hydrogen-bond donors (Lipinski definition) is 7. The van der Waals surface area contributed by atoms with Crippen molar-refractivity contribution in [2.75, 3.05) is 24.7 Å². The first kappa shape index (κ1) is 27.2. The van der Waals surface area contributed by atoms with E-state index in [1.54, 1.807) is 0 Å². The summed E-state index contributed by atoms with van der Waals surface area (Å²) in [7, 11) is 0. The summed E-state index contributed by atoms with van der Waals surface area (Å²) >= 11 is 6.83. The van der Waals surface area contributed by atoms with Crippen LogP contribution in [0.3, 0.4) is 0 Å². The number of aliphatic hydroxyl groups is 2. The third-order valence-corrected chi connectivity index (χ3v) is 1.28. The van der Waals surface area contributed by atoms with Crippen LogP contribution in [-0.4, -0.2) is 68.2 Å². The summed E-state index contributed by atoms with van der Waals surface area (Å²) in [5.41, 5.74) is 0.176. The van der Waals surface area contributed by atoms with Crippen LogP contribution in [0, 0.1) is 0 Å². The molecule has 10 heteroatoms. The Bertz CT molecular complexity index is 252. The molecule has 0 heterocycles. The first-order valence-electron chi connectivity index (χ1n) is 4.86. The number of aliphatic carboxylic acids is 3. The van der Waals surface area contributed by atoms with Gasteiger partial charge in [-0.25, -0.2) is 4.79 Å². The van der Waals surface area contributed by atoms with E-state index in [2.05, 4.69) is 31.8 Å². The zero-order chi connectivity index (χ0) is 17.1. The van der Waals surface area contributed by atoms with E-state index in [9.17, 15) is 14.4 Å². The zero-order valence-corrected chi connectivity index (χ0v) is 12.7. The monoisotopic (exact) mass is 332 g/mol. The Morgan fingerprint density at radius 3 is 1.05 bits per heavy atom. The fraction of sp³-hybridized carbons (Fsp3) is 0.500. The predicted molar refractivity (Wildman–Crippen MR) is 79.6 cm³/mol. The van der Waals surface area contributed by atoms with E-state index in [1.807, 2.05) is 0 Å². The summed E-state index contributed by atoms with van der Waals surface area (Å²) < 4.78 is 0. The molecule has 0 bridgehead atoms. The van der Waals surface area contributed by atoms with Crippen LogP contribution in [0.25, 0.3) is 0 Å². The summed E-state index contributed by atoms with van der Waals surface area (Å²) in [5.74, 6) is -2.86. The Morgan fingerprint density at radius 2 is 1.05 bits per heavy atom. The first-order valence-corrected chi connectivity index (χ1v) is 6.12. The minimum Gasteiger partial charge on any atom is -0.481 e. The van der Waals surface area contributed by atoms with Crippen LogP contribution < -0.4 is 0 Å². The van der Waals surface area contributed by atoms with Crippen molar-refractivity contribution in [3.05, 3.63) is 12.2 Å². The molecular formula is C10H20O8S2. The Balaban J connectivity index is -0.0000000862. The van der Waals surface area contributed by atoms with Gasteiger partial charge in [-0.2, -0.15) is 25.3 Å². The fourth-order valence-electron chi connectivity index (χ4n) is 0. The molecule has 0 amide bonds. The maximum Gasteiger partial charge on any atom is 0.330 e. The molecule has 5 N–H and O–H groups in total. The quantitative estimate of drug-likeness (QED) is 0.272. The summed E-state index contributed by atoms with van der Waals surface area (Å²) in [6.07, 6.45) is 0. The highest BCUT2D eigenvalue weighted by atomic mass is 32.1. The van der Waals surface area contributed by atoms with Gasteiger partial charge in [-0.05, 0) is 6.92 Å². The molecule has 0 fully saturated rings. The Morgan fingerprint density at radius 1 is 0.900 bits per heavy atom. The summed E-state index contributed by atoms with van der Waals surface area (Å²) in [6, 6.07) is 0. The number of aliphatic hydroxyl groups excluding tert-OH is 2. The largest absolute Gasteiger partial charge is 0.481 e. The van der Waals surface area contributed by atoms with E-state index in [4.69, 9.17) is 25.5 Å². The molecule has 0 spiro atoms. The van der Waals surface area contributed by atoms with Crippen LogP contribution in [0.2, 0.25) is 0 Å². The third kappa shape index (κ3) is 69.1. The van der Waals surface area contributed by atoms with E-state index >= 15 is 0 Å². The van der Waals surface area contributed by atoms with E-state index in [0.29, 0.717) is 0 Å². The maximum atomic E-state index is 9.60. The average molecular weight is 332 g/mol. The van der Waals surface area contributed by atoms with E-state index in [-0.39, 0.29) is 30.3 Å². The van der Waals surface area contributed by atoms with Crippen LogP contribution >= 0.6 is 25.3 Å². The van der Waals surface area contributed by atoms with Crippen LogP contribution in [0.4, 0.5) is 0 Å². The first-order chi connectivity index (χ1) is 9.10. The lowest BCUT2D eigenvalue weighted by molar-refractivity contribution is -0.134. The third-order valence-electron chi connectivity index (χ3n) is 0.736. The molecule has 0 saturated carbocycles.